The minimum absolute atomic E-state index is 0.216. The number of nitrogens with zero attached hydrogens (tertiary/aromatic N) is 5. The first-order chi connectivity index (χ1) is 12.7. The second-order valence-corrected chi connectivity index (χ2v) is 6.06. The van der Waals surface area contributed by atoms with E-state index >= 15 is 0 Å². The molecule has 4 aromatic rings. The molecular formula is C19H17FN6. The van der Waals surface area contributed by atoms with Crippen LogP contribution in [-0.4, -0.2) is 29.9 Å². The summed E-state index contributed by atoms with van der Waals surface area (Å²) in [5.74, 6) is -0.216. The summed E-state index contributed by atoms with van der Waals surface area (Å²) < 4.78 is 15.0. The van der Waals surface area contributed by atoms with Crippen molar-refractivity contribution in [3.8, 4) is 22.6 Å². The molecule has 3 heterocycles. The molecule has 0 spiro atoms. The van der Waals surface area contributed by atoms with E-state index in [1.165, 1.54) is 12.1 Å². The highest BCUT2D eigenvalue weighted by Crippen LogP contribution is 2.23. The van der Waals surface area contributed by atoms with E-state index in [9.17, 15) is 4.39 Å². The van der Waals surface area contributed by atoms with E-state index in [-0.39, 0.29) is 5.82 Å². The maximum atomic E-state index is 13.0. The summed E-state index contributed by atoms with van der Waals surface area (Å²) in [4.78, 5) is 8.87. The minimum atomic E-state index is -0.216. The van der Waals surface area contributed by atoms with Crippen molar-refractivity contribution >= 4 is 0 Å². The molecule has 0 unspecified atom stereocenters. The molecule has 0 atom stereocenters. The van der Waals surface area contributed by atoms with E-state index in [1.807, 2.05) is 29.8 Å². The Bertz CT molecular complexity index is 1020. The summed E-state index contributed by atoms with van der Waals surface area (Å²) in [5.41, 5.74) is 5.26. The zero-order chi connectivity index (χ0) is 17.9. The number of aromatic nitrogens is 6. The highest BCUT2D eigenvalue weighted by molar-refractivity contribution is 5.67. The van der Waals surface area contributed by atoms with E-state index < -0.39 is 0 Å². The van der Waals surface area contributed by atoms with Crippen molar-refractivity contribution < 1.29 is 4.39 Å². The highest BCUT2D eigenvalue weighted by atomic mass is 19.1. The average Bonchev–Trinajstić information content (AvgIpc) is 3.30. The third kappa shape index (κ3) is 3.37. The topological polar surface area (TPSA) is 72.3 Å². The SMILES string of the molecule is Cc1n[nH]nc1-c1ccnc(-c2cn(CCc3ccc(F)cc3)cn2)c1. The predicted molar refractivity (Wildman–Crippen MR) is 95.7 cm³/mol. The first kappa shape index (κ1) is 16.1. The van der Waals surface area contributed by atoms with Gasteiger partial charge < -0.3 is 4.57 Å². The van der Waals surface area contributed by atoms with Gasteiger partial charge in [-0.3, -0.25) is 4.98 Å². The van der Waals surface area contributed by atoms with Gasteiger partial charge >= 0.3 is 0 Å². The normalized spacial score (nSPS) is 11.0. The van der Waals surface area contributed by atoms with Gasteiger partial charge in [-0.05, 0) is 43.2 Å². The van der Waals surface area contributed by atoms with E-state index in [4.69, 9.17) is 0 Å². The minimum Gasteiger partial charge on any atom is -0.336 e. The van der Waals surface area contributed by atoms with Gasteiger partial charge in [0, 0.05) is 24.5 Å². The van der Waals surface area contributed by atoms with Crippen LogP contribution in [0.5, 0.6) is 0 Å². The van der Waals surface area contributed by atoms with Crippen LogP contribution >= 0.6 is 0 Å². The molecule has 0 bridgehead atoms. The van der Waals surface area contributed by atoms with Crippen LogP contribution in [0, 0.1) is 12.7 Å². The molecule has 26 heavy (non-hydrogen) atoms. The van der Waals surface area contributed by atoms with Gasteiger partial charge in [-0.15, -0.1) is 0 Å². The largest absolute Gasteiger partial charge is 0.336 e. The number of aryl methyl sites for hydroxylation is 3. The summed E-state index contributed by atoms with van der Waals surface area (Å²) in [6, 6.07) is 10.4. The van der Waals surface area contributed by atoms with Gasteiger partial charge in [0.05, 0.1) is 17.7 Å². The van der Waals surface area contributed by atoms with Crippen molar-refractivity contribution in [2.24, 2.45) is 0 Å². The van der Waals surface area contributed by atoms with Crippen LogP contribution in [0.4, 0.5) is 4.39 Å². The van der Waals surface area contributed by atoms with Gasteiger partial charge in [-0.1, -0.05) is 12.1 Å². The van der Waals surface area contributed by atoms with Crippen LogP contribution in [0.15, 0.2) is 55.1 Å². The molecular weight excluding hydrogens is 331 g/mol. The zero-order valence-corrected chi connectivity index (χ0v) is 14.2. The van der Waals surface area contributed by atoms with Crippen LogP contribution < -0.4 is 0 Å². The fraction of sp³-hybridized carbons (Fsp3) is 0.158. The van der Waals surface area contributed by atoms with Crippen molar-refractivity contribution in [2.45, 2.75) is 19.9 Å². The van der Waals surface area contributed by atoms with E-state index in [0.717, 1.165) is 46.9 Å². The molecule has 7 heteroatoms. The average molecular weight is 348 g/mol. The molecule has 6 nitrogen and oxygen atoms in total. The molecule has 0 aliphatic rings. The van der Waals surface area contributed by atoms with Gasteiger partial charge in [0.1, 0.15) is 17.2 Å². The summed E-state index contributed by atoms with van der Waals surface area (Å²) in [5, 5.41) is 10.9. The Morgan fingerprint density at radius 2 is 1.88 bits per heavy atom. The third-order valence-electron chi connectivity index (χ3n) is 4.22. The van der Waals surface area contributed by atoms with E-state index in [2.05, 4.69) is 25.4 Å². The summed E-state index contributed by atoms with van der Waals surface area (Å²) >= 11 is 0. The molecule has 0 aliphatic heterocycles. The van der Waals surface area contributed by atoms with Gasteiger partial charge in [-0.2, -0.15) is 15.4 Å². The molecule has 0 fully saturated rings. The van der Waals surface area contributed by atoms with Crippen LogP contribution in [0.2, 0.25) is 0 Å². The lowest BCUT2D eigenvalue weighted by Crippen LogP contribution is -1.98. The first-order valence-corrected chi connectivity index (χ1v) is 8.29. The number of benzene rings is 1. The first-order valence-electron chi connectivity index (χ1n) is 8.29. The van der Waals surface area contributed by atoms with Crippen molar-refractivity contribution in [3.63, 3.8) is 0 Å². The van der Waals surface area contributed by atoms with Gasteiger partial charge in [0.25, 0.3) is 0 Å². The Balaban J connectivity index is 1.51. The summed E-state index contributed by atoms with van der Waals surface area (Å²) in [6.07, 6.45) is 6.30. The Morgan fingerprint density at radius 3 is 2.65 bits per heavy atom. The number of H-pyrrole nitrogens is 1. The number of rotatable bonds is 5. The predicted octanol–water partition coefficient (Wildman–Crippen LogP) is 3.42. The fourth-order valence-corrected chi connectivity index (χ4v) is 2.80. The van der Waals surface area contributed by atoms with Crippen molar-refractivity contribution in [2.75, 3.05) is 0 Å². The van der Waals surface area contributed by atoms with Crippen LogP contribution in [0.25, 0.3) is 22.6 Å². The second kappa shape index (κ2) is 6.87. The monoisotopic (exact) mass is 348 g/mol. The third-order valence-corrected chi connectivity index (χ3v) is 4.22. The molecule has 3 aromatic heterocycles. The lowest BCUT2D eigenvalue weighted by molar-refractivity contribution is 0.625. The molecule has 1 N–H and O–H groups in total. The highest BCUT2D eigenvalue weighted by Gasteiger charge is 2.10. The number of hydrogen-bond donors (Lipinski definition) is 1. The number of aromatic amines is 1. The summed E-state index contributed by atoms with van der Waals surface area (Å²) in [6.45, 7) is 2.67. The number of hydrogen-bond acceptors (Lipinski definition) is 4. The maximum absolute atomic E-state index is 13.0. The molecule has 0 radical (unpaired) electrons. The Kier molecular flexibility index (Phi) is 4.27. The molecule has 4 rings (SSSR count). The lowest BCUT2D eigenvalue weighted by atomic mass is 10.1. The Morgan fingerprint density at radius 1 is 1.04 bits per heavy atom. The van der Waals surface area contributed by atoms with E-state index in [1.54, 1.807) is 24.7 Å². The van der Waals surface area contributed by atoms with Gasteiger partial charge in [-0.25, -0.2) is 9.37 Å². The number of pyridine rings is 1. The molecule has 130 valence electrons. The Hall–Kier alpha value is -3.35. The molecule has 0 aliphatic carbocycles. The summed E-state index contributed by atoms with van der Waals surface area (Å²) in [7, 11) is 0. The van der Waals surface area contributed by atoms with Crippen molar-refractivity contribution in [1.82, 2.24) is 29.9 Å². The molecule has 0 saturated carbocycles. The number of nitrogens with one attached hydrogen (secondary N) is 1. The number of halogens is 1. The maximum Gasteiger partial charge on any atom is 0.123 e. The van der Waals surface area contributed by atoms with Crippen LogP contribution in [0.1, 0.15) is 11.3 Å². The van der Waals surface area contributed by atoms with Crippen LogP contribution in [-0.2, 0) is 13.0 Å². The number of imidazole rings is 1. The van der Waals surface area contributed by atoms with Gasteiger partial charge in [0.2, 0.25) is 0 Å². The quantitative estimate of drug-likeness (QED) is 0.600. The zero-order valence-electron chi connectivity index (χ0n) is 14.2. The van der Waals surface area contributed by atoms with Crippen molar-refractivity contribution in [1.29, 1.82) is 0 Å². The van der Waals surface area contributed by atoms with Crippen LogP contribution in [0.3, 0.4) is 0 Å². The Labute approximate surface area is 149 Å². The molecule has 0 saturated heterocycles. The van der Waals surface area contributed by atoms with E-state index in [0.29, 0.717) is 0 Å². The lowest BCUT2D eigenvalue weighted by Gasteiger charge is -2.03. The fourth-order valence-electron chi connectivity index (χ4n) is 2.80. The van der Waals surface area contributed by atoms with Gasteiger partial charge in [0.15, 0.2) is 0 Å². The molecule has 1 aromatic carbocycles. The smallest absolute Gasteiger partial charge is 0.123 e. The standard InChI is InChI=1S/C19H17FN6/c1-13-19(24-25-23-13)15-6-8-21-17(10-15)18-11-26(12-22-18)9-7-14-2-4-16(20)5-3-14/h2-6,8,10-12H,7,9H2,1H3,(H,23,24,25). The second-order valence-electron chi connectivity index (χ2n) is 6.06. The molecule has 0 amide bonds. The van der Waals surface area contributed by atoms with Crippen molar-refractivity contribution in [3.05, 3.63) is 72.2 Å².